The van der Waals surface area contributed by atoms with Crippen molar-refractivity contribution >= 4 is 17.9 Å². The van der Waals surface area contributed by atoms with E-state index in [9.17, 15) is 19.5 Å². The second-order valence-corrected chi connectivity index (χ2v) is 20.9. The Morgan fingerprint density at radius 3 is 0.954 bits per heavy atom. The molecular formula is C57H111NO7. The lowest BCUT2D eigenvalue weighted by Gasteiger charge is -2.34. The first-order valence-corrected chi connectivity index (χ1v) is 28.6. The molecule has 0 aromatic rings. The summed E-state index contributed by atoms with van der Waals surface area (Å²) < 4.78 is 17.3. The van der Waals surface area contributed by atoms with Crippen molar-refractivity contribution in [1.29, 1.82) is 0 Å². The Balaban J connectivity index is 4.12. The fourth-order valence-corrected chi connectivity index (χ4v) is 9.08. The van der Waals surface area contributed by atoms with E-state index in [0.717, 1.165) is 38.5 Å². The van der Waals surface area contributed by atoms with Crippen LogP contribution in [0, 0.1) is 0 Å². The first kappa shape index (κ1) is 63.3. The van der Waals surface area contributed by atoms with Gasteiger partial charge in [0.05, 0.1) is 40.3 Å². The van der Waals surface area contributed by atoms with Gasteiger partial charge in [-0.15, -0.1) is 0 Å². The smallest absolute Gasteiger partial charge is 0.306 e. The number of rotatable bonds is 53. The van der Waals surface area contributed by atoms with E-state index in [1.165, 1.54) is 225 Å². The summed E-state index contributed by atoms with van der Waals surface area (Å²) in [5, 5.41) is 11.7. The molecule has 0 heterocycles. The van der Waals surface area contributed by atoms with E-state index in [1.807, 2.05) is 21.1 Å². The SMILES string of the molecule is CCCCCCCCCCCCCCCCCCCCCCCC(=O)OC(COCCC(C(=O)[O-])[N+](C)(C)C)COC(=O)CCCCCCCCCCCCCCCCCCCCCC. The summed E-state index contributed by atoms with van der Waals surface area (Å²) in [5.74, 6) is -1.70. The molecule has 0 aromatic carbocycles. The highest BCUT2D eigenvalue weighted by Crippen LogP contribution is 2.18. The van der Waals surface area contributed by atoms with Crippen LogP contribution in [0.4, 0.5) is 0 Å². The minimum Gasteiger partial charge on any atom is -0.544 e. The van der Waals surface area contributed by atoms with Crippen LogP contribution < -0.4 is 5.11 Å². The molecule has 0 aliphatic rings. The second-order valence-electron chi connectivity index (χ2n) is 20.9. The van der Waals surface area contributed by atoms with Gasteiger partial charge in [-0.1, -0.05) is 264 Å². The molecular weight excluding hydrogens is 811 g/mol. The summed E-state index contributed by atoms with van der Waals surface area (Å²) in [6.45, 7) is 4.74. The van der Waals surface area contributed by atoms with Crippen LogP contribution in [0.25, 0.3) is 0 Å². The molecule has 0 N–H and O–H groups in total. The number of esters is 2. The number of hydrogen-bond donors (Lipinski definition) is 0. The first-order chi connectivity index (χ1) is 31.6. The fourth-order valence-electron chi connectivity index (χ4n) is 9.08. The van der Waals surface area contributed by atoms with Crippen LogP contribution in [0.3, 0.4) is 0 Å². The number of hydrogen-bond acceptors (Lipinski definition) is 7. The maximum absolute atomic E-state index is 12.8. The number of nitrogens with zero attached hydrogens (tertiary/aromatic N) is 1. The Labute approximate surface area is 404 Å². The number of unbranched alkanes of at least 4 members (excludes halogenated alkanes) is 39. The molecule has 2 unspecified atom stereocenters. The maximum atomic E-state index is 12.8. The van der Waals surface area contributed by atoms with Crippen LogP contribution in [0.2, 0.25) is 0 Å². The van der Waals surface area contributed by atoms with Crippen LogP contribution in [0.5, 0.6) is 0 Å². The van der Waals surface area contributed by atoms with Crippen LogP contribution >= 0.6 is 0 Å². The average molecular weight is 923 g/mol. The number of quaternary nitrogens is 1. The molecule has 0 fully saturated rings. The number of ether oxygens (including phenoxy) is 3. The summed E-state index contributed by atoms with van der Waals surface area (Å²) >= 11 is 0. The molecule has 0 spiro atoms. The lowest BCUT2D eigenvalue weighted by atomic mass is 10.0. The monoisotopic (exact) mass is 922 g/mol. The molecule has 0 bridgehead atoms. The zero-order valence-electron chi connectivity index (χ0n) is 44.2. The second kappa shape index (κ2) is 48.8. The summed E-state index contributed by atoms with van der Waals surface area (Å²) in [7, 11) is 5.44. The largest absolute Gasteiger partial charge is 0.544 e. The Morgan fingerprint density at radius 1 is 0.400 bits per heavy atom. The zero-order valence-corrected chi connectivity index (χ0v) is 44.2. The van der Waals surface area contributed by atoms with Crippen LogP contribution in [0.15, 0.2) is 0 Å². The predicted molar refractivity (Wildman–Crippen MR) is 273 cm³/mol. The molecule has 0 saturated carbocycles. The summed E-state index contributed by atoms with van der Waals surface area (Å²) in [4.78, 5) is 37.1. The Bertz CT molecular complexity index is 1030. The van der Waals surface area contributed by atoms with Crippen molar-refractivity contribution in [3.8, 4) is 0 Å². The molecule has 0 aliphatic heterocycles. The highest BCUT2D eigenvalue weighted by atomic mass is 16.6. The predicted octanol–water partition coefficient (Wildman–Crippen LogP) is 15.5. The first-order valence-electron chi connectivity index (χ1n) is 28.6. The minimum atomic E-state index is -1.12. The molecule has 0 amide bonds. The lowest BCUT2D eigenvalue weighted by Crippen LogP contribution is -2.55. The van der Waals surface area contributed by atoms with Gasteiger partial charge in [0.1, 0.15) is 12.6 Å². The van der Waals surface area contributed by atoms with Gasteiger partial charge < -0.3 is 28.6 Å². The van der Waals surface area contributed by atoms with Crippen molar-refractivity contribution in [2.75, 3.05) is 41.0 Å². The van der Waals surface area contributed by atoms with Gasteiger partial charge in [-0.25, -0.2) is 0 Å². The standard InChI is InChI=1S/C57H111NO7/c1-6-8-10-12-14-16-18-20-22-24-26-28-30-32-34-36-38-40-42-44-46-48-56(60)65-53(51-63-50-49-54(57(61)62)58(3,4)5)52-64-55(59)47-45-43-41-39-37-35-33-31-29-27-25-23-21-19-17-15-13-11-9-7-2/h53-54H,6-52H2,1-5H3. The number of aliphatic carboxylic acids is 1. The van der Waals surface area contributed by atoms with Gasteiger partial charge in [0.2, 0.25) is 0 Å². The van der Waals surface area contributed by atoms with Gasteiger partial charge in [-0.2, -0.15) is 0 Å². The topological polar surface area (TPSA) is 102 Å². The number of carbonyl (C=O) groups is 3. The molecule has 65 heavy (non-hydrogen) atoms. The van der Waals surface area contributed by atoms with E-state index >= 15 is 0 Å². The van der Waals surface area contributed by atoms with E-state index in [0.29, 0.717) is 12.8 Å². The molecule has 0 saturated heterocycles. The van der Waals surface area contributed by atoms with Crippen molar-refractivity contribution in [1.82, 2.24) is 0 Å². The van der Waals surface area contributed by atoms with Crippen LogP contribution in [-0.2, 0) is 28.6 Å². The van der Waals surface area contributed by atoms with Gasteiger partial charge in [0.25, 0.3) is 0 Å². The van der Waals surface area contributed by atoms with Gasteiger partial charge in [-0.05, 0) is 12.8 Å². The fraction of sp³-hybridized carbons (Fsp3) is 0.947. The molecule has 386 valence electrons. The minimum absolute atomic E-state index is 0.0501. The van der Waals surface area contributed by atoms with E-state index in [-0.39, 0.29) is 42.7 Å². The number of carbonyl (C=O) groups excluding carboxylic acids is 3. The van der Waals surface area contributed by atoms with Gasteiger partial charge in [0.15, 0.2) is 6.10 Å². The third kappa shape index (κ3) is 47.2. The molecule has 0 aromatic heterocycles. The van der Waals surface area contributed by atoms with Crippen LogP contribution in [-0.4, -0.2) is 75.5 Å². The number of carboxylic acids is 1. The molecule has 8 heteroatoms. The van der Waals surface area contributed by atoms with Crippen LogP contribution in [0.1, 0.15) is 296 Å². The normalized spacial score (nSPS) is 12.7. The highest BCUT2D eigenvalue weighted by molar-refractivity contribution is 5.70. The van der Waals surface area contributed by atoms with E-state index in [2.05, 4.69) is 13.8 Å². The molecule has 8 nitrogen and oxygen atoms in total. The number of carboxylic acid groups (broad SMARTS) is 1. The summed E-state index contributed by atoms with van der Waals surface area (Å²) in [6, 6.07) is -0.720. The van der Waals surface area contributed by atoms with Crippen molar-refractivity contribution in [3.05, 3.63) is 0 Å². The molecule has 0 radical (unpaired) electrons. The zero-order chi connectivity index (χ0) is 47.7. The van der Waals surface area contributed by atoms with Gasteiger partial charge >= 0.3 is 11.9 Å². The van der Waals surface area contributed by atoms with Crippen molar-refractivity contribution in [2.45, 2.75) is 309 Å². The molecule has 0 rings (SSSR count). The lowest BCUT2D eigenvalue weighted by molar-refractivity contribution is -0.889. The van der Waals surface area contributed by atoms with Crippen molar-refractivity contribution in [2.24, 2.45) is 0 Å². The average Bonchev–Trinajstić information content (AvgIpc) is 3.27. The summed E-state index contributed by atoms with van der Waals surface area (Å²) in [5.41, 5.74) is 0. The summed E-state index contributed by atoms with van der Waals surface area (Å²) in [6.07, 6.45) is 54.3. The Morgan fingerprint density at radius 2 is 0.677 bits per heavy atom. The van der Waals surface area contributed by atoms with Crippen molar-refractivity contribution in [3.63, 3.8) is 0 Å². The quantitative estimate of drug-likeness (QED) is 0.0340. The third-order valence-corrected chi connectivity index (χ3v) is 13.5. The highest BCUT2D eigenvalue weighted by Gasteiger charge is 2.25. The van der Waals surface area contributed by atoms with E-state index < -0.39 is 18.1 Å². The third-order valence-electron chi connectivity index (χ3n) is 13.5. The number of likely N-dealkylation sites (N-methyl/N-ethyl adjacent to an activating group) is 1. The van der Waals surface area contributed by atoms with Crippen molar-refractivity contribution < 1.29 is 38.2 Å². The molecule has 2 atom stereocenters. The Kier molecular flexibility index (Phi) is 47.5. The van der Waals surface area contributed by atoms with Gasteiger partial charge in [0, 0.05) is 19.3 Å². The van der Waals surface area contributed by atoms with Gasteiger partial charge in [-0.3, -0.25) is 9.59 Å². The van der Waals surface area contributed by atoms with E-state index in [4.69, 9.17) is 14.2 Å². The Hall–Kier alpha value is -1.67. The molecule has 0 aliphatic carbocycles. The maximum Gasteiger partial charge on any atom is 0.306 e. The van der Waals surface area contributed by atoms with E-state index in [1.54, 1.807) is 0 Å².